The van der Waals surface area contributed by atoms with Gasteiger partial charge in [0.25, 0.3) is 5.92 Å². The Labute approximate surface area is 140 Å². The normalized spacial score (nSPS) is 20.8. The average molecular weight is 361 g/mol. The molecule has 0 bridgehead atoms. The number of alkyl halides is 2. The number of rotatable bonds is 5. The number of benzene rings is 1. The molecule has 8 heteroatoms. The molecular formula is C16H21F2NO4S. The molecular weight excluding hydrogens is 340 g/mol. The highest BCUT2D eigenvalue weighted by atomic mass is 32.2. The Hall–Kier alpha value is -1.54. The van der Waals surface area contributed by atoms with Gasteiger partial charge in [0, 0.05) is 19.5 Å². The number of likely N-dealkylation sites (tertiary alicyclic amines) is 1. The van der Waals surface area contributed by atoms with Crippen LogP contribution in [0.2, 0.25) is 0 Å². The summed E-state index contributed by atoms with van der Waals surface area (Å²) in [5, 5.41) is 9.07. The molecule has 0 aromatic heterocycles. The highest BCUT2D eigenvalue weighted by molar-refractivity contribution is 7.91. The lowest BCUT2D eigenvalue weighted by Crippen LogP contribution is -2.50. The Kier molecular flexibility index (Phi) is 5.59. The predicted octanol–water partition coefficient (Wildman–Crippen LogP) is 1.50. The number of halogens is 2. The number of piperidine rings is 1. The smallest absolute Gasteiger partial charge is 0.256 e. The standard InChI is InChI=1S/C16H21F2NO4S/c1-2-24(22,23)14-5-3-12(4-6-14)9-15(21)19-8-7-16(17,18)13(10-19)11-20/h3-6,13,20H,2,7-11H2,1H3. The van der Waals surface area contributed by atoms with Gasteiger partial charge in [0.15, 0.2) is 9.84 Å². The van der Waals surface area contributed by atoms with Crippen molar-refractivity contribution in [2.24, 2.45) is 5.92 Å². The summed E-state index contributed by atoms with van der Waals surface area (Å²) in [7, 11) is -3.29. The van der Waals surface area contributed by atoms with E-state index in [2.05, 4.69) is 0 Å². The van der Waals surface area contributed by atoms with Gasteiger partial charge in [0.2, 0.25) is 5.91 Å². The Bertz CT molecular complexity index is 689. The minimum absolute atomic E-state index is 0.00415. The molecule has 1 heterocycles. The van der Waals surface area contributed by atoms with Crippen molar-refractivity contribution in [3.63, 3.8) is 0 Å². The van der Waals surface area contributed by atoms with Crippen molar-refractivity contribution in [2.45, 2.75) is 30.6 Å². The molecule has 0 aliphatic carbocycles. The molecule has 1 saturated heterocycles. The zero-order chi connectivity index (χ0) is 18.0. The number of hydrogen-bond donors (Lipinski definition) is 1. The van der Waals surface area contributed by atoms with Gasteiger partial charge in [-0.1, -0.05) is 19.1 Å². The van der Waals surface area contributed by atoms with E-state index in [0.717, 1.165) is 0 Å². The van der Waals surface area contributed by atoms with Crippen molar-refractivity contribution in [2.75, 3.05) is 25.4 Å². The van der Waals surface area contributed by atoms with E-state index in [1.165, 1.54) is 17.0 Å². The van der Waals surface area contributed by atoms with Crippen LogP contribution in [0, 0.1) is 5.92 Å². The zero-order valence-electron chi connectivity index (χ0n) is 13.4. The highest BCUT2D eigenvalue weighted by Crippen LogP contribution is 2.33. The predicted molar refractivity (Wildman–Crippen MR) is 84.6 cm³/mol. The maximum absolute atomic E-state index is 13.6. The first-order valence-corrected chi connectivity index (χ1v) is 9.43. The van der Waals surface area contributed by atoms with Crippen molar-refractivity contribution < 1.29 is 27.1 Å². The van der Waals surface area contributed by atoms with Gasteiger partial charge in [-0.25, -0.2) is 17.2 Å². The van der Waals surface area contributed by atoms with Crippen molar-refractivity contribution in [1.82, 2.24) is 4.90 Å². The second-order valence-corrected chi connectivity index (χ2v) is 8.23. The van der Waals surface area contributed by atoms with E-state index in [1.54, 1.807) is 19.1 Å². The third-order valence-corrected chi connectivity index (χ3v) is 6.09. The van der Waals surface area contributed by atoms with Crippen molar-refractivity contribution in [1.29, 1.82) is 0 Å². The van der Waals surface area contributed by atoms with E-state index in [4.69, 9.17) is 5.11 Å². The largest absolute Gasteiger partial charge is 0.396 e. The summed E-state index contributed by atoms with van der Waals surface area (Å²) >= 11 is 0. The van der Waals surface area contributed by atoms with Gasteiger partial charge in [0.1, 0.15) is 0 Å². The Morgan fingerprint density at radius 1 is 1.33 bits per heavy atom. The molecule has 1 N–H and O–H groups in total. The maximum Gasteiger partial charge on any atom is 0.256 e. The van der Waals surface area contributed by atoms with Crippen LogP contribution in [0.1, 0.15) is 18.9 Å². The Balaban J connectivity index is 2.03. The second-order valence-electron chi connectivity index (χ2n) is 5.95. The molecule has 1 amide bonds. The number of amides is 1. The van der Waals surface area contributed by atoms with Crippen molar-refractivity contribution in [3.05, 3.63) is 29.8 Å². The lowest BCUT2D eigenvalue weighted by atomic mass is 9.94. The van der Waals surface area contributed by atoms with Crippen LogP contribution in [-0.4, -0.2) is 55.7 Å². The fourth-order valence-electron chi connectivity index (χ4n) is 2.66. The highest BCUT2D eigenvalue weighted by Gasteiger charge is 2.44. The number of sulfone groups is 1. The van der Waals surface area contributed by atoms with Gasteiger partial charge in [-0.3, -0.25) is 4.79 Å². The van der Waals surface area contributed by atoms with Gasteiger partial charge in [-0.05, 0) is 17.7 Å². The molecule has 0 saturated carbocycles. The SMILES string of the molecule is CCS(=O)(=O)c1ccc(CC(=O)N2CCC(F)(F)C(CO)C2)cc1. The monoisotopic (exact) mass is 361 g/mol. The third kappa shape index (κ3) is 4.10. The first-order valence-electron chi connectivity index (χ1n) is 7.77. The molecule has 1 atom stereocenters. The number of aliphatic hydroxyl groups is 1. The molecule has 2 rings (SSSR count). The van der Waals surface area contributed by atoms with E-state index < -0.39 is 34.7 Å². The first-order chi connectivity index (χ1) is 11.2. The van der Waals surface area contributed by atoms with Gasteiger partial charge in [-0.15, -0.1) is 0 Å². The molecule has 0 spiro atoms. The van der Waals surface area contributed by atoms with Gasteiger partial charge < -0.3 is 10.0 Å². The van der Waals surface area contributed by atoms with Crippen LogP contribution in [0.25, 0.3) is 0 Å². The van der Waals surface area contributed by atoms with Crippen molar-refractivity contribution in [3.8, 4) is 0 Å². The number of carbonyl (C=O) groups excluding carboxylic acids is 1. The minimum Gasteiger partial charge on any atom is -0.396 e. The molecule has 24 heavy (non-hydrogen) atoms. The lowest BCUT2D eigenvalue weighted by molar-refractivity contribution is -0.148. The molecule has 0 radical (unpaired) electrons. The summed E-state index contributed by atoms with van der Waals surface area (Å²) in [6.45, 7) is 0.659. The number of carbonyl (C=O) groups is 1. The third-order valence-electron chi connectivity index (χ3n) is 4.34. The van der Waals surface area contributed by atoms with Gasteiger partial charge >= 0.3 is 0 Å². The van der Waals surface area contributed by atoms with E-state index >= 15 is 0 Å². The fraction of sp³-hybridized carbons (Fsp3) is 0.562. The fourth-order valence-corrected chi connectivity index (χ4v) is 3.55. The summed E-state index contributed by atoms with van der Waals surface area (Å²) in [6, 6.07) is 6.01. The van der Waals surface area contributed by atoms with Crippen LogP contribution in [-0.2, 0) is 21.1 Å². The molecule has 1 aliphatic heterocycles. The van der Waals surface area contributed by atoms with E-state index in [0.29, 0.717) is 5.56 Å². The van der Waals surface area contributed by atoms with Crippen LogP contribution in [0.5, 0.6) is 0 Å². The number of aliphatic hydroxyl groups excluding tert-OH is 1. The molecule has 1 aromatic rings. The first kappa shape index (κ1) is 18.8. The summed E-state index contributed by atoms with van der Waals surface area (Å²) in [5.74, 6) is -4.51. The molecule has 1 unspecified atom stereocenters. The number of nitrogens with zero attached hydrogens (tertiary/aromatic N) is 1. The molecule has 1 aromatic carbocycles. The summed E-state index contributed by atoms with van der Waals surface area (Å²) in [5.41, 5.74) is 0.618. The molecule has 1 aliphatic rings. The van der Waals surface area contributed by atoms with Crippen LogP contribution in [0.3, 0.4) is 0 Å². The maximum atomic E-state index is 13.6. The second kappa shape index (κ2) is 7.14. The molecule has 5 nitrogen and oxygen atoms in total. The minimum atomic E-state index is -3.29. The van der Waals surface area contributed by atoms with E-state index in [-0.39, 0.29) is 36.1 Å². The summed E-state index contributed by atoms with van der Waals surface area (Å²) in [4.78, 5) is 13.8. The molecule has 1 fully saturated rings. The van der Waals surface area contributed by atoms with E-state index in [1.807, 2.05) is 0 Å². The molecule has 134 valence electrons. The average Bonchev–Trinajstić information content (AvgIpc) is 2.55. The topological polar surface area (TPSA) is 74.7 Å². The lowest BCUT2D eigenvalue weighted by Gasteiger charge is -2.37. The van der Waals surface area contributed by atoms with Crippen molar-refractivity contribution >= 4 is 15.7 Å². The number of hydrogen-bond acceptors (Lipinski definition) is 4. The summed E-state index contributed by atoms with van der Waals surface area (Å²) in [6.07, 6.45) is -0.451. The Morgan fingerprint density at radius 2 is 1.96 bits per heavy atom. The Morgan fingerprint density at radius 3 is 2.50 bits per heavy atom. The zero-order valence-corrected chi connectivity index (χ0v) is 14.2. The van der Waals surface area contributed by atoms with Crippen LogP contribution in [0.15, 0.2) is 29.2 Å². The van der Waals surface area contributed by atoms with Crippen LogP contribution < -0.4 is 0 Å². The van der Waals surface area contributed by atoms with E-state index in [9.17, 15) is 22.0 Å². The van der Waals surface area contributed by atoms with Crippen LogP contribution >= 0.6 is 0 Å². The quantitative estimate of drug-likeness (QED) is 0.862. The van der Waals surface area contributed by atoms with Crippen LogP contribution in [0.4, 0.5) is 8.78 Å². The van der Waals surface area contributed by atoms with Gasteiger partial charge in [-0.2, -0.15) is 0 Å². The summed E-state index contributed by atoms with van der Waals surface area (Å²) < 4.78 is 50.6. The van der Waals surface area contributed by atoms with Gasteiger partial charge in [0.05, 0.1) is 29.6 Å².